The molecular weight excluding hydrogens is 167 g/mol. The largest absolute Gasteiger partial charge is 0.447 e. The van der Waals surface area contributed by atoms with E-state index in [1.165, 1.54) is 0 Å². The minimum absolute atomic E-state index is 1.17. The van der Waals surface area contributed by atoms with Crippen LogP contribution in [0.3, 0.4) is 0 Å². The van der Waals surface area contributed by atoms with Gasteiger partial charge in [0.25, 0.3) is 0 Å². The second kappa shape index (κ2) is 3.42. The summed E-state index contributed by atoms with van der Waals surface area (Å²) in [5.41, 5.74) is 4.34. The van der Waals surface area contributed by atoms with E-state index in [2.05, 4.69) is 10.5 Å². The standard InChI is InChI=1S/C4H6F3NO3/c5-4(6,7)2(9)1-11-3(8)10/h2,9H,1H2,(H2,8,10). The zero-order valence-electron chi connectivity index (χ0n) is 5.26. The molecule has 0 radical (unpaired) electrons. The molecule has 0 aliphatic rings. The Labute approximate surface area is 59.7 Å². The maximum atomic E-state index is 11.4. The summed E-state index contributed by atoms with van der Waals surface area (Å²) in [6, 6.07) is 0. The SMILES string of the molecule is NC(=O)OCC(O)C(F)(F)F. The molecule has 0 saturated carbocycles. The van der Waals surface area contributed by atoms with Crippen molar-refractivity contribution in [3.8, 4) is 0 Å². The molecule has 11 heavy (non-hydrogen) atoms. The van der Waals surface area contributed by atoms with Crippen molar-refractivity contribution in [2.24, 2.45) is 5.73 Å². The monoisotopic (exact) mass is 173 g/mol. The molecular formula is C4H6F3NO3. The highest BCUT2D eigenvalue weighted by Gasteiger charge is 2.38. The van der Waals surface area contributed by atoms with Gasteiger partial charge in [-0.15, -0.1) is 0 Å². The predicted octanol–water partition coefficient (Wildman–Crippen LogP) is 0.00490. The van der Waals surface area contributed by atoms with Crippen molar-refractivity contribution in [2.75, 3.05) is 6.61 Å². The number of carbonyl (C=O) groups is 1. The number of aliphatic hydroxyl groups is 1. The number of amides is 1. The van der Waals surface area contributed by atoms with E-state index in [4.69, 9.17) is 5.11 Å². The lowest BCUT2D eigenvalue weighted by Crippen LogP contribution is -2.34. The lowest BCUT2D eigenvalue weighted by Gasteiger charge is -2.12. The van der Waals surface area contributed by atoms with Gasteiger partial charge >= 0.3 is 12.3 Å². The van der Waals surface area contributed by atoms with Crippen LogP contribution in [0.5, 0.6) is 0 Å². The van der Waals surface area contributed by atoms with Crippen LogP contribution in [0.1, 0.15) is 0 Å². The molecule has 0 aliphatic carbocycles. The third-order valence-corrected chi connectivity index (χ3v) is 0.761. The predicted molar refractivity (Wildman–Crippen MR) is 27.6 cm³/mol. The maximum absolute atomic E-state index is 11.4. The molecule has 0 heterocycles. The Morgan fingerprint density at radius 3 is 2.36 bits per heavy atom. The molecule has 0 aromatic heterocycles. The minimum Gasteiger partial charge on any atom is -0.447 e. The third-order valence-electron chi connectivity index (χ3n) is 0.761. The fourth-order valence-electron chi connectivity index (χ4n) is 0.256. The van der Waals surface area contributed by atoms with Crippen molar-refractivity contribution in [3.63, 3.8) is 0 Å². The lowest BCUT2D eigenvalue weighted by molar-refractivity contribution is -0.212. The lowest BCUT2D eigenvalue weighted by atomic mass is 10.4. The Balaban J connectivity index is 3.70. The van der Waals surface area contributed by atoms with Gasteiger partial charge in [0.05, 0.1) is 0 Å². The first-order chi connectivity index (χ1) is 4.84. The minimum atomic E-state index is -4.78. The van der Waals surface area contributed by atoms with Gasteiger partial charge in [-0.25, -0.2) is 4.79 Å². The molecule has 1 unspecified atom stereocenters. The molecule has 1 atom stereocenters. The summed E-state index contributed by atoms with van der Waals surface area (Å²) in [5.74, 6) is 0. The number of hydrogen-bond acceptors (Lipinski definition) is 3. The van der Waals surface area contributed by atoms with E-state index in [0.29, 0.717) is 0 Å². The van der Waals surface area contributed by atoms with E-state index in [1.807, 2.05) is 0 Å². The van der Waals surface area contributed by atoms with E-state index in [-0.39, 0.29) is 0 Å². The number of halogens is 3. The van der Waals surface area contributed by atoms with E-state index in [0.717, 1.165) is 0 Å². The quantitative estimate of drug-likeness (QED) is 0.617. The smallest absolute Gasteiger partial charge is 0.417 e. The van der Waals surface area contributed by atoms with Crippen LogP contribution in [0.25, 0.3) is 0 Å². The third kappa shape index (κ3) is 4.43. The van der Waals surface area contributed by atoms with E-state index in [1.54, 1.807) is 0 Å². The Morgan fingerprint density at radius 2 is 2.09 bits per heavy atom. The van der Waals surface area contributed by atoms with Gasteiger partial charge in [0.2, 0.25) is 0 Å². The number of nitrogens with two attached hydrogens (primary N) is 1. The highest BCUT2D eigenvalue weighted by molar-refractivity contribution is 5.64. The first-order valence-corrected chi connectivity index (χ1v) is 2.51. The molecule has 0 aromatic rings. The van der Waals surface area contributed by atoms with Crippen molar-refractivity contribution in [2.45, 2.75) is 12.3 Å². The molecule has 0 saturated heterocycles. The summed E-state index contributed by atoms with van der Waals surface area (Å²) in [6.07, 6.45) is -8.81. The summed E-state index contributed by atoms with van der Waals surface area (Å²) in [6.45, 7) is -1.17. The van der Waals surface area contributed by atoms with Gasteiger partial charge < -0.3 is 15.6 Å². The van der Waals surface area contributed by atoms with Gasteiger partial charge in [0.1, 0.15) is 6.61 Å². The van der Waals surface area contributed by atoms with E-state index in [9.17, 15) is 18.0 Å². The van der Waals surface area contributed by atoms with Crippen LogP contribution in [0.4, 0.5) is 18.0 Å². The highest BCUT2D eigenvalue weighted by atomic mass is 19.4. The summed E-state index contributed by atoms with van der Waals surface area (Å²) < 4.78 is 38.0. The molecule has 0 bridgehead atoms. The molecule has 7 heteroatoms. The van der Waals surface area contributed by atoms with Crippen LogP contribution < -0.4 is 5.73 Å². The van der Waals surface area contributed by atoms with Gasteiger partial charge in [-0.3, -0.25) is 0 Å². The zero-order valence-corrected chi connectivity index (χ0v) is 5.26. The van der Waals surface area contributed by atoms with Crippen molar-refractivity contribution in [1.29, 1.82) is 0 Å². The molecule has 0 aliphatic heterocycles. The van der Waals surface area contributed by atoms with Crippen LogP contribution in [0.15, 0.2) is 0 Å². The molecule has 1 amide bonds. The average molecular weight is 173 g/mol. The molecule has 0 aromatic carbocycles. The normalized spacial score (nSPS) is 14.2. The van der Waals surface area contributed by atoms with Gasteiger partial charge in [0.15, 0.2) is 6.10 Å². The first-order valence-electron chi connectivity index (χ1n) is 2.51. The maximum Gasteiger partial charge on any atom is 0.417 e. The Bertz CT molecular complexity index is 146. The van der Waals surface area contributed by atoms with Gasteiger partial charge in [-0.2, -0.15) is 13.2 Å². The highest BCUT2D eigenvalue weighted by Crippen LogP contribution is 2.19. The number of hydrogen-bond donors (Lipinski definition) is 2. The number of aliphatic hydroxyl groups excluding tert-OH is 1. The molecule has 66 valence electrons. The number of alkyl halides is 3. The number of primary amides is 1. The molecule has 3 N–H and O–H groups in total. The zero-order chi connectivity index (χ0) is 9.07. The van der Waals surface area contributed by atoms with Gasteiger partial charge in [-0.1, -0.05) is 0 Å². The van der Waals surface area contributed by atoms with Crippen molar-refractivity contribution in [3.05, 3.63) is 0 Å². The summed E-state index contributed by atoms with van der Waals surface area (Å²) in [5, 5.41) is 8.18. The van der Waals surface area contributed by atoms with E-state index < -0.39 is 25.0 Å². The van der Waals surface area contributed by atoms with Crippen LogP contribution in [0.2, 0.25) is 0 Å². The number of rotatable bonds is 2. The Hall–Kier alpha value is -0.980. The van der Waals surface area contributed by atoms with Crippen LogP contribution >= 0.6 is 0 Å². The summed E-state index contributed by atoms with van der Waals surface area (Å²) in [7, 11) is 0. The van der Waals surface area contributed by atoms with Crippen LogP contribution in [0, 0.1) is 0 Å². The molecule has 4 nitrogen and oxygen atoms in total. The Kier molecular flexibility index (Phi) is 3.12. The Morgan fingerprint density at radius 1 is 1.64 bits per heavy atom. The summed E-state index contributed by atoms with van der Waals surface area (Å²) >= 11 is 0. The van der Waals surface area contributed by atoms with Crippen molar-refractivity contribution < 1.29 is 27.8 Å². The van der Waals surface area contributed by atoms with Gasteiger partial charge in [-0.05, 0) is 0 Å². The second-order valence-electron chi connectivity index (χ2n) is 1.69. The molecule has 0 rings (SSSR count). The van der Waals surface area contributed by atoms with Crippen molar-refractivity contribution >= 4 is 6.09 Å². The summed E-state index contributed by atoms with van der Waals surface area (Å²) in [4.78, 5) is 9.75. The topological polar surface area (TPSA) is 72.6 Å². The van der Waals surface area contributed by atoms with Crippen molar-refractivity contribution in [1.82, 2.24) is 0 Å². The fraction of sp³-hybridized carbons (Fsp3) is 0.750. The fourth-order valence-corrected chi connectivity index (χ4v) is 0.256. The van der Waals surface area contributed by atoms with Crippen LogP contribution in [-0.4, -0.2) is 30.1 Å². The first kappa shape index (κ1) is 10.0. The number of ether oxygens (including phenoxy) is 1. The average Bonchev–Trinajstić information content (AvgIpc) is 1.80. The van der Waals surface area contributed by atoms with Crippen LogP contribution in [-0.2, 0) is 4.74 Å². The molecule has 0 fully saturated rings. The second-order valence-corrected chi connectivity index (χ2v) is 1.69. The van der Waals surface area contributed by atoms with E-state index >= 15 is 0 Å². The number of carbonyl (C=O) groups excluding carboxylic acids is 1. The van der Waals surface area contributed by atoms with Gasteiger partial charge in [0, 0.05) is 0 Å². The molecule has 0 spiro atoms.